The molecule has 0 aromatic heterocycles. The van der Waals surface area contributed by atoms with Crippen molar-refractivity contribution in [2.24, 2.45) is 5.73 Å². The second-order valence-electron chi connectivity index (χ2n) is 5.66. The Morgan fingerprint density at radius 3 is 2.57 bits per heavy atom. The minimum atomic E-state index is -0.188. The highest BCUT2D eigenvalue weighted by atomic mass is 19.1. The van der Waals surface area contributed by atoms with Gasteiger partial charge in [-0.05, 0) is 54.8 Å². The van der Waals surface area contributed by atoms with E-state index in [0.29, 0.717) is 12.5 Å². The van der Waals surface area contributed by atoms with Gasteiger partial charge in [-0.15, -0.1) is 0 Å². The summed E-state index contributed by atoms with van der Waals surface area (Å²) in [7, 11) is 0. The molecule has 0 heterocycles. The van der Waals surface area contributed by atoms with Crippen LogP contribution in [0, 0.1) is 5.82 Å². The van der Waals surface area contributed by atoms with Crippen molar-refractivity contribution in [2.45, 2.75) is 18.8 Å². The van der Waals surface area contributed by atoms with Gasteiger partial charge in [-0.25, -0.2) is 4.39 Å². The van der Waals surface area contributed by atoms with E-state index >= 15 is 0 Å². The lowest BCUT2D eigenvalue weighted by molar-refractivity contribution is 0.575. The number of hydrogen-bond acceptors (Lipinski definition) is 2. The third kappa shape index (κ3) is 3.08. The van der Waals surface area contributed by atoms with Crippen LogP contribution < -0.4 is 10.6 Å². The topological polar surface area (TPSA) is 29.3 Å². The maximum absolute atomic E-state index is 13.1. The standard InChI is InChI=1S/C18H21FN2/c19-16-6-8-17(9-7-16)21(11-3-10-20)13-15-12-14-4-1-2-5-18(14)15/h1-2,4-9,15H,3,10-13,20H2. The summed E-state index contributed by atoms with van der Waals surface area (Å²) in [5.74, 6) is 0.385. The van der Waals surface area contributed by atoms with Crippen molar-refractivity contribution in [3.05, 3.63) is 65.5 Å². The monoisotopic (exact) mass is 284 g/mol. The molecule has 2 nitrogen and oxygen atoms in total. The number of fused-ring (bicyclic) bond motifs is 1. The summed E-state index contributed by atoms with van der Waals surface area (Å²) in [6.07, 6.45) is 2.09. The molecule has 21 heavy (non-hydrogen) atoms. The fraction of sp³-hybridized carbons (Fsp3) is 0.333. The van der Waals surface area contributed by atoms with Crippen LogP contribution in [-0.2, 0) is 6.42 Å². The number of rotatable bonds is 6. The predicted molar refractivity (Wildman–Crippen MR) is 85.2 cm³/mol. The van der Waals surface area contributed by atoms with Crippen LogP contribution >= 0.6 is 0 Å². The van der Waals surface area contributed by atoms with Crippen LogP contribution in [0.15, 0.2) is 48.5 Å². The van der Waals surface area contributed by atoms with Crippen molar-refractivity contribution in [2.75, 3.05) is 24.5 Å². The minimum Gasteiger partial charge on any atom is -0.371 e. The van der Waals surface area contributed by atoms with Crippen molar-refractivity contribution in [1.29, 1.82) is 0 Å². The minimum absolute atomic E-state index is 0.188. The zero-order chi connectivity index (χ0) is 14.7. The SMILES string of the molecule is NCCCN(CC1Cc2ccccc21)c1ccc(F)cc1. The number of anilines is 1. The van der Waals surface area contributed by atoms with Gasteiger partial charge in [-0.2, -0.15) is 0 Å². The quantitative estimate of drug-likeness (QED) is 0.881. The summed E-state index contributed by atoms with van der Waals surface area (Å²) < 4.78 is 13.1. The molecule has 1 aliphatic rings. The lowest BCUT2D eigenvalue weighted by Crippen LogP contribution is -2.34. The average Bonchev–Trinajstić information content (AvgIpc) is 2.49. The lowest BCUT2D eigenvalue weighted by atomic mass is 9.77. The molecular weight excluding hydrogens is 263 g/mol. The Bertz CT molecular complexity index is 594. The highest BCUT2D eigenvalue weighted by Crippen LogP contribution is 2.36. The van der Waals surface area contributed by atoms with E-state index in [9.17, 15) is 4.39 Å². The average molecular weight is 284 g/mol. The number of nitrogens with two attached hydrogens (primary N) is 1. The molecule has 0 fully saturated rings. The Hall–Kier alpha value is -1.87. The smallest absolute Gasteiger partial charge is 0.123 e. The normalized spacial score (nSPS) is 16.2. The second-order valence-corrected chi connectivity index (χ2v) is 5.66. The van der Waals surface area contributed by atoms with Crippen LogP contribution in [0.4, 0.5) is 10.1 Å². The van der Waals surface area contributed by atoms with Gasteiger partial charge >= 0.3 is 0 Å². The fourth-order valence-corrected chi connectivity index (χ4v) is 3.05. The first kappa shape index (κ1) is 14.1. The van der Waals surface area contributed by atoms with Crippen molar-refractivity contribution < 1.29 is 4.39 Å². The van der Waals surface area contributed by atoms with Gasteiger partial charge in [0.15, 0.2) is 0 Å². The van der Waals surface area contributed by atoms with E-state index in [1.807, 2.05) is 12.1 Å². The molecule has 2 N–H and O–H groups in total. The molecule has 2 aromatic rings. The first-order valence-corrected chi connectivity index (χ1v) is 7.56. The summed E-state index contributed by atoms with van der Waals surface area (Å²) in [6, 6.07) is 15.4. The molecule has 3 rings (SSSR count). The summed E-state index contributed by atoms with van der Waals surface area (Å²) in [5, 5.41) is 0. The molecule has 1 atom stereocenters. The van der Waals surface area contributed by atoms with Crippen LogP contribution in [0.25, 0.3) is 0 Å². The third-order valence-electron chi connectivity index (χ3n) is 4.23. The summed E-state index contributed by atoms with van der Waals surface area (Å²) >= 11 is 0. The first-order chi connectivity index (χ1) is 10.3. The van der Waals surface area contributed by atoms with E-state index in [1.54, 1.807) is 0 Å². The molecule has 0 bridgehead atoms. The molecule has 0 aliphatic heterocycles. The predicted octanol–water partition coefficient (Wildman–Crippen LogP) is 3.32. The number of hydrogen-bond donors (Lipinski definition) is 1. The Balaban J connectivity index is 1.73. The van der Waals surface area contributed by atoms with Crippen molar-refractivity contribution in [3.63, 3.8) is 0 Å². The van der Waals surface area contributed by atoms with Crippen LogP contribution in [-0.4, -0.2) is 19.6 Å². The zero-order valence-electron chi connectivity index (χ0n) is 12.1. The molecule has 0 amide bonds. The molecule has 0 saturated heterocycles. The van der Waals surface area contributed by atoms with Gasteiger partial charge in [0.25, 0.3) is 0 Å². The molecule has 1 unspecified atom stereocenters. The van der Waals surface area contributed by atoms with Crippen LogP contribution in [0.5, 0.6) is 0 Å². The maximum atomic E-state index is 13.1. The van der Waals surface area contributed by atoms with Gasteiger partial charge in [0.2, 0.25) is 0 Å². The molecule has 2 aromatic carbocycles. The van der Waals surface area contributed by atoms with Gasteiger partial charge in [-0.3, -0.25) is 0 Å². The largest absolute Gasteiger partial charge is 0.371 e. The Kier molecular flexibility index (Phi) is 4.20. The number of nitrogens with zero attached hydrogens (tertiary/aromatic N) is 1. The molecular formula is C18H21FN2. The fourth-order valence-electron chi connectivity index (χ4n) is 3.05. The van der Waals surface area contributed by atoms with Crippen molar-refractivity contribution >= 4 is 5.69 Å². The molecule has 0 saturated carbocycles. The third-order valence-corrected chi connectivity index (χ3v) is 4.23. The van der Waals surface area contributed by atoms with Gasteiger partial charge in [0.1, 0.15) is 5.82 Å². The molecule has 3 heteroatoms. The van der Waals surface area contributed by atoms with E-state index in [4.69, 9.17) is 5.73 Å². The van der Waals surface area contributed by atoms with Gasteiger partial charge in [-0.1, -0.05) is 24.3 Å². The van der Waals surface area contributed by atoms with E-state index in [-0.39, 0.29) is 5.82 Å². The van der Waals surface area contributed by atoms with Crippen LogP contribution in [0.2, 0.25) is 0 Å². The second kappa shape index (κ2) is 6.27. The first-order valence-electron chi connectivity index (χ1n) is 7.56. The molecule has 0 spiro atoms. The highest BCUT2D eigenvalue weighted by molar-refractivity contribution is 5.49. The lowest BCUT2D eigenvalue weighted by Gasteiger charge is -2.36. The molecule has 1 aliphatic carbocycles. The Morgan fingerprint density at radius 2 is 1.86 bits per heavy atom. The van der Waals surface area contributed by atoms with E-state index in [2.05, 4.69) is 29.2 Å². The van der Waals surface area contributed by atoms with Gasteiger partial charge < -0.3 is 10.6 Å². The molecule has 110 valence electrons. The maximum Gasteiger partial charge on any atom is 0.123 e. The van der Waals surface area contributed by atoms with Crippen molar-refractivity contribution in [1.82, 2.24) is 0 Å². The van der Waals surface area contributed by atoms with Crippen LogP contribution in [0.3, 0.4) is 0 Å². The van der Waals surface area contributed by atoms with E-state index in [1.165, 1.54) is 23.3 Å². The van der Waals surface area contributed by atoms with E-state index in [0.717, 1.165) is 31.6 Å². The van der Waals surface area contributed by atoms with Gasteiger partial charge in [0.05, 0.1) is 0 Å². The molecule has 0 radical (unpaired) electrons. The number of benzene rings is 2. The Morgan fingerprint density at radius 1 is 1.10 bits per heavy atom. The highest BCUT2D eigenvalue weighted by Gasteiger charge is 2.27. The Labute approximate surface area is 125 Å². The summed E-state index contributed by atoms with van der Waals surface area (Å²) in [6.45, 7) is 2.57. The van der Waals surface area contributed by atoms with Crippen molar-refractivity contribution in [3.8, 4) is 0 Å². The number of halogens is 1. The van der Waals surface area contributed by atoms with Crippen LogP contribution in [0.1, 0.15) is 23.5 Å². The zero-order valence-corrected chi connectivity index (χ0v) is 12.1. The van der Waals surface area contributed by atoms with E-state index < -0.39 is 0 Å². The summed E-state index contributed by atoms with van der Waals surface area (Å²) in [5.41, 5.74) is 9.64. The summed E-state index contributed by atoms with van der Waals surface area (Å²) in [4.78, 5) is 2.33. The van der Waals surface area contributed by atoms with Gasteiger partial charge in [0, 0.05) is 24.7 Å².